The zero-order valence-electron chi connectivity index (χ0n) is 12.5. The minimum Gasteiger partial charge on any atom is -0.497 e. The van der Waals surface area contributed by atoms with E-state index in [0.717, 1.165) is 16.2 Å². The van der Waals surface area contributed by atoms with Gasteiger partial charge in [-0.1, -0.05) is 18.2 Å². The highest BCUT2D eigenvalue weighted by molar-refractivity contribution is 7.13. The van der Waals surface area contributed by atoms with Crippen molar-refractivity contribution in [3.8, 4) is 16.5 Å². The first-order valence-electron chi connectivity index (χ1n) is 6.96. The van der Waals surface area contributed by atoms with Crippen molar-refractivity contribution in [2.75, 3.05) is 7.11 Å². The maximum Gasteiger partial charge on any atom is 0.243 e. The Bertz CT molecular complexity index is 785. The number of nitrogens with zero attached hydrogens (tertiary/aromatic N) is 4. The molecule has 1 aromatic carbocycles. The summed E-state index contributed by atoms with van der Waals surface area (Å²) in [5, 5.41) is 16.8. The maximum atomic E-state index is 12.0. The zero-order valence-corrected chi connectivity index (χ0v) is 13.3. The van der Waals surface area contributed by atoms with Crippen LogP contribution in [-0.4, -0.2) is 33.2 Å². The number of methoxy groups -OCH3 is 1. The number of thiophene rings is 1. The number of nitrogens with one attached hydrogen (secondary N) is 1. The summed E-state index contributed by atoms with van der Waals surface area (Å²) in [6, 6.07) is 11.4. The SMILES string of the molecule is COc1cccc(CNC(=O)Cn2nnc(-c3cccs3)n2)c1. The summed E-state index contributed by atoms with van der Waals surface area (Å²) >= 11 is 1.53. The van der Waals surface area contributed by atoms with Crippen molar-refractivity contribution in [2.45, 2.75) is 13.1 Å². The molecule has 0 saturated carbocycles. The number of rotatable bonds is 6. The number of amides is 1. The van der Waals surface area contributed by atoms with Crippen LogP contribution in [0.1, 0.15) is 5.56 Å². The topological polar surface area (TPSA) is 81.9 Å². The van der Waals surface area contributed by atoms with Crippen molar-refractivity contribution < 1.29 is 9.53 Å². The van der Waals surface area contributed by atoms with E-state index in [0.29, 0.717) is 12.4 Å². The average Bonchev–Trinajstić information content (AvgIpc) is 3.24. The number of carbonyl (C=O) groups is 1. The molecule has 1 N–H and O–H groups in total. The van der Waals surface area contributed by atoms with Crippen LogP contribution >= 0.6 is 11.3 Å². The van der Waals surface area contributed by atoms with Gasteiger partial charge in [0.15, 0.2) is 0 Å². The van der Waals surface area contributed by atoms with Crippen LogP contribution in [0.2, 0.25) is 0 Å². The second kappa shape index (κ2) is 7.01. The molecule has 0 aliphatic rings. The summed E-state index contributed by atoms with van der Waals surface area (Å²) in [4.78, 5) is 14.2. The molecule has 8 heteroatoms. The van der Waals surface area contributed by atoms with Gasteiger partial charge in [0.25, 0.3) is 0 Å². The summed E-state index contributed by atoms with van der Waals surface area (Å²) in [6.45, 7) is 0.449. The Hall–Kier alpha value is -2.74. The molecule has 0 fully saturated rings. The molecule has 118 valence electrons. The van der Waals surface area contributed by atoms with Gasteiger partial charge in [0.2, 0.25) is 11.7 Å². The third-order valence-corrected chi connectivity index (χ3v) is 3.97. The Morgan fingerprint density at radius 3 is 3.04 bits per heavy atom. The second-order valence-corrected chi connectivity index (χ2v) is 5.70. The molecule has 7 nitrogen and oxygen atoms in total. The van der Waals surface area contributed by atoms with E-state index in [-0.39, 0.29) is 12.5 Å². The number of hydrogen-bond acceptors (Lipinski definition) is 6. The van der Waals surface area contributed by atoms with Gasteiger partial charge in [-0.3, -0.25) is 4.79 Å². The number of benzene rings is 1. The average molecular weight is 329 g/mol. The number of tetrazole rings is 1. The highest BCUT2D eigenvalue weighted by Crippen LogP contribution is 2.19. The Morgan fingerprint density at radius 1 is 1.35 bits per heavy atom. The van der Waals surface area contributed by atoms with E-state index in [9.17, 15) is 4.79 Å². The summed E-state index contributed by atoms with van der Waals surface area (Å²) in [5.41, 5.74) is 0.962. The van der Waals surface area contributed by atoms with E-state index in [4.69, 9.17) is 4.74 Å². The van der Waals surface area contributed by atoms with Gasteiger partial charge >= 0.3 is 0 Å². The van der Waals surface area contributed by atoms with Gasteiger partial charge in [-0.2, -0.15) is 4.80 Å². The van der Waals surface area contributed by atoms with Crippen molar-refractivity contribution in [1.82, 2.24) is 25.5 Å². The summed E-state index contributed by atoms with van der Waals surface area (Å²) in [7, 11) is 1.61. The van der Waals surface area contributed by atoms with Gasteiger partial charge in [0, 0.05) is 6.54 Å². The van der Waals surface area contributed by atoms with E-state index in [2.05, 4.69) is 20.7 Å². The van der Waals surface area contributed by atoms with E-state index in [1.807, 2.05) is 41.8 Å². The van der Waals surface area contributed by atoms with Gasteiger partial charge in [-0.15, -0.1) is 21.5 Å². The quantitative estimate of drug-likeness (QED) is 0.745. The van der Waals surface area contributed by atoms with Crippen LogP contribution in [-0.2, 0) is 17.9 Å². The van der Waals surface area contributed by atoms with Crippen LogP contribution in [0.25, 0.3) is 10.7 Å². The molecule has 1 amide bonds. The van der Waals surface area contributed by atoms with Crippen LogP contribution in [0.15, 0.2) is 41.8 Å². The third-order valence-electron chi connectivity index (χ3n) is 3.10. The largest absolute Gasteiger partial charge is 0.497 e. The fourth-order valence-corrected chi connectivity index (χ4v) is 2.63. The van der Waals surface area contributed by atoms with Crippen LogP contribution in [0.3, 0.4) is 0 Å². The number of carbonyl (C=O) groups excluding carboxylic acids is 1. The first kappa shape index (κ1) is 15.2. The van der Waals surface area contributed by atoms with Crippen LogP contribution < -0.4 is 10.1 Å². The van der Waals surface area contributed by atoms with E-state index in [1.165, 1.54) is 16.1 Å². The fourth-order valence-electron chi connectivity index (χ4n) is 1.98. The highest BCUT2D eigenvalue weighted by atomic mass is 32.1. The summed E-state index contributed by atoms with van der Waals surface area (Å²) in [6.07, 6.45) is 0. The molecule has 3 rings (SSSR count). The minimum absolute atomic E-state index is 0.0301. The lowest BCUT2D eigenvalue weighted by atomic mass is 10.2. The molecule has 0 saturated heterocycles. The van der Waals surface area contributed by atoms with Gasteiger partial charge < -0.3 is 10.1 Å². The van der Waals surface area contributed by atoms with Crippen molar-refractivity contribution in [3.05, 3.63) is 47.3 Å². The molecular weight excluding hydrogens is 314 g/mol. The Kier molecular flexibility index (Phi) is 4.62. The normalized spacial score (nSPS) is 10.5. The lowest BCUT2D eigenvalue weighted by Gasteiger charge is -2.06. The predicted octanol–water partition coefficient (Wildman–Crippen LogP) is 1.73. The lowest BCUT2D eigenvalue weighted by Crippen LogP contribution is -2.28. The lowest BCUT2D eigenvalue weighted by molar-refractivity contribution is -0.122. The fraction of sp³-hybridized carbons (Fsp3) is 0.200. The third kappa shape index (κ3) is 3.92. The predicted molar refractivity (Wildman–Crippen MR) is 86.0 cm³/mol. The molecule has 2 heterocycles. The van der Waals surface area contributed by atoms with Crippen LogP contribution in [0.4, 0.5) is 0 Å². The molecule has 0 bridgehead atoms. The zero-order chi connectivity index (χ0) is 16.1. The first-order chi connectivity index (χ1) is 11.2. The highest BCUT2D eigenvalue weighted by Gasteiger charge is 2.09. The van der Waals surface area contributed by atoms with Gasteiger partial charge in [-0.25, -0.2) is 0 Å². The maximum absolute atomic E-state index is 12.0. The molecule has 0 aliphatic heterocycles. The molecule has 23 heavy (non-hydrogen) atoms. The van der Waals surface area contributed by atoms with Crippen molar-refractivity contribution in [1.29, 1.82) is 0 Å². The summed E-state index contributed by atoms with van der Waals surface area (Å²) in [5.74, 6) is 1.11. The standard InChI is InChI=1S/C15H15N5O2S/c1-22-12-5-2-4-11(8-12)9-16-14(21)10-20-18-15(17-19-20)13-6-3-7-23-13/h2-8H,9-10H2,1H3,(H,16,21). The molecule has 0 unspecified atom stereocenters. The molecule has 0 atom stereocenters. The number of aromatic nitrogens is 4. The van der Waals surface area contributed by atoms with Gasteiger partial charge in [-0.05, 0) is 34.4 Å². The number of hydrogen-bond donors (Lipinski definition) is 1. The van der Waals surface area contributed by atoms with Crippen LogP contribution in [0, 0.1) is 0 Å². The molecule has 3 aromatic rings. The molecule has 0 aliphatic carbocycles. The second-order valence-electron chi connectivity index (χ2n) is 4.75. The number of ether oxygens (including phenoxy) is 1. The monoisotopic (exact) mass is 329 g/mol. The Balaban J connectivity index is 1.55. The van der Waals surface area contributed by atoms with Crippen molar-refractivity contribution in [2.24, 2.45) is 0 Å². The van der Waals surface area contributed by atoms with Crippen LogP contribution in [0.5, 0.6) is 5.75 Å². The smallest absolute Gasteiger partial charge is 0.243 e. The minimum atomic E-state index is -0.178. The van der Waals surface area contributed by atoms with Crippen molar-refractivity contribution in [3.63, 3.8) is 0 Å². The molecule has 0 radical (unpaired) electrons. The molecule has 2 aromatic heterocycles. The molecular formula is C15H15N5O2S. The van der Waals surface area contributed by atoms with Gasteiger partial charge in [0.1, 0.15) is 12.3 Å². The molecule has 0 spiro atoms. The Labute approximate surface area is 136 Å². The Morgan fingerprint density at radius 2 is 2.26 bits per heavy atom. The van der Waals surface area contributed by atoms with Gasteiger partial charge in [0.05, 0.1) is 12.0 Å². The van der Waals surface area contributed by atoms with Crippen molar-refractivity contribution >= 4 is 17.2 Å². The van der Waals surface area contributed by atoms with E-state index in [1.54, 1.807) is 7.11 Å². The van der Waals surface area contributed by atoms with E-state index < -0.39 is 0 Å². The summed E-state index contributed by atoms with van der Waals surface area (Å²) < 4.78 is 5.15. The first-order valence-corrected chi connectivity index (χ1v) is 7.84. The van der Waals surface area contributed by atoms with E-state index >= 15 is 0 Å².